The fraction of sp³-hybridized carbons (Fsp3) is 0.0678. The SMILES string of the molecule is CC(C)(C)c1ccc2c([nH]c3nc4ccccc4n32)c1-c1ccc(-c2c(-c3ccccc3)c(-c3ccccc3)c(-c3ccccc3)c(-c3ccccc3)c2-c2ccccc2)cc1. The normalized spacial score (nSPS) is 11.8. The molecular weight excluding hydrogens is 751 g/mol. The highest BCUT2D eigenvalue weighted by Crippen LogP contribution is 2.56. The minimum atomic E-state index is -0.110. The Balaban J connectivity index is 1.27. The van der Waals surface area contributed by atoms with Crippen molar-refractivity contribution >= 4 is 27.8 Å². The molecule has 2 heterocycles. The van der Waals surface area contributed by atoms with E-state index in [9.17, 15) is 0 Å². The van der Waals surface area contributed by atoms with Crippen molar-refractivity contribution in [3.8, 4) is 77.9 Å². The van der Waals surface area contributed by atoms with Gasteiger partial charge in [-0.25, -0.2) is 4.98 Å². The first-order valence-electron chi connectivity index (χ1n) is 21.5. The molecule has 11 rings (SSSR count). The molecule has 0 aliphatic heterocycles. The van der Waals surface area contributed by atoms with E-state index < -0.39 is 0 Å². The second-order valence-electron chi connectivity index (χ2n) is 17.2. The van der Waals surface area contributed by atoms with E-state index in [2.05, 4.69) is 242 Å². The fourth-order valence-corrected chi connectivity index (χ4v) is 9.60. The number of nitrogens with one attached hydrogen (secondary N) is 1. The van der Waals surface area contributed by atoms with Crippen LogP contribution < -0.4 is 0 Å². The van der Waals surface area contributed by atoms with E-state index in [1.165, 1.54) is 72.3 Å². The summed E-state index contributed by atoms with van der Waals surface area (Å²) < 4.78 is 2.26. The highest BCUT2D eigenvalue weighted by atomic mass is 15.1. The monoisotopic (exact) mass is 795 g/mol. The third-order valence-corrected chi connectivity index (χ3v) is 12.3. The van der Waals surface area contributed by atoms with Crippen molar-refractivity contribution in [3.63, 3.8) is 0 Å². The number of aromatic amines is 1. The van der Waals surface area contributed by atoms with Crippen LogP contribution in [0.3, 0.4) is 0 Å². The maximum atomic E-state index is 5.01. The van der Waals surface area contributed by atoms with E-state index >= 15 is 0 Å². The summed E-state index contributed by atoms with van der Waals surface area (Å²) in [7, 11) is 0. The Morgan fingerprint density at radius 1 is 0.339 bits per heavy atom. The van der Waals surface area contributed by atoms with E-state index in [0.717, 1.165) is 39.0 Å². The molecule has 0 saturated heterocycles. The van der Waals surface area contributed by atoms with Gasteiger partial charge in [0.1, 0.15) is 0 Å². The number of rotatable bonds is 7. The lowest BCUT2D eigenvalue weighted by Crippen LogP contribution is -2.13. The van der Waals surface area contributed by atoms with Crippen molar-refractivity contribution in [1.82, 2.24) is 14.4 Å². The summed E-state index contributed by atoms with van der Waals surface area (Å²) in [6.45, 7) is 6.91. The number of para-hydroxylation sites is 2. The summed E-state index contributed by atoms with van der Waals surface area (Å²) in [6.07, 6.45) is 0. The van der Waals surface area contributed by atoms with Gasteiger partial charge in [-0.15, -0.1) is 0 Å². The highest BCUT2D eigenvalue weighted by molar-refractivity contribution is 6.15. The fourth-order valence-electron chi connectivity index (χ4n) is 9.60. The largest absolute Gasteiger partial charge is 0.323 e. The van der Waals surface area contributed by atoms with Crippen molar-refractivity contribution in [2.45, 2.75) is 26.2 Å². The second kappa shape index (κ2) is 15.1. The molecule has 0 aliphatic rings. The number of hydrogen-bond acceptors (Lipinski definition) is 1. The van der Waals surface area contributed by atoms with Gasteiger partial charge in [0.2, 0.25) is 5.78 Å². The summed E-state index contributed by atoms with van der Waals surface area (Å²) in [5.41, 5.74) is 22.1. The van der Waals surface area contributed by atoms with E-state index in [4.69, 9.17) is 4.98 Å². The number of hydrogen-bond donors (Lipinski definition) is 1. The Hall–Kier alpha value is -7.75. The Bertz CT molecular complexity index is 3270. The van der Waals surface area contributed by atoms with E-state index in [0.29, 0.717) is 0 Å². The minimum Gasteiger partial charge on any atom is -0.323 e. The zero-order chi connectivity index (χ0) is 41.8. The average Bonchev–Trinajstić information content (AvgIpc) is 3.88. The minimum absolute atomic E-state index is 0.110. The Labute approximate surface area is 362 Å². The van der Waals surface area contributed by atoms with E-state index in [1.807, 2.05) is 0 Å². The lowest BCUT2D eigenvalue weighted by molar-refractivity contribution is 0.592. The molecule has 0 spiro atoms. The molecule has 9 aromatic carbocycles. The molecule has 0 amide bonds. The maximum Gasteiger partial charge on any atom is 0.213 e. The van der Waals surface area contributed by atoms with Crippen molar-refractivity contribution in [2.75, 3.05) is 0 Å². The molecule has 0 saturated carbocycles. The molecule has 0 fully saturated rings. The number of nitrogens with zero attached hydrogens (tertiary/aromatic N) is 2. The molecule has 0 bridgehead atoms. The van der Waals surface area contributed by atoms with Gasteiger partial charge in [-0.05, 0) is 102 Å². The first-order chi connectivity index (χ1) is 30.4. The quantitative estimate of drug-likeness (QED) is 0.171. The van der Waals surface area contributed by atoms with Crippen LogP contribution in [0.15, 0.2) is 212 Å². The molecule has 0 radical (unpaired) electrons. The molecule has 3 nitrogen and oxygen atoms in total. The van der Waals surface area contributed by atoms with Gasteiger partial charge in [-0.2, -0.15) is 0 Å². The first-order valence-corrected chi connectivity index (χ1v) is 21.5. The van der Waals surface area contributed by atoms with Crippen LogP contribution >= 0.6 is 0 Å². The molecular formula is C59H45N3. The molecule has 11 aromatic rings. The predicted molar refractivity (Wildman–Crippen MR) is 261 cm³/mol. The number of aromatic nitrogens is 3. The molecule has 0 aliphatic carbocycles. The highest BCUT2D eigenvalue weighted by Gasteiger charge is 2.30. The number of fused-ring (bicyclic) bond motifs is 5. The van der Waals surface area contributed by atoms with Gasteiger partial charge in [0.25, 0.3) is 0 Å². The van der Waals surface area contributed by atoms with Gasteiger partial charge in [-0.1, -0.05) is 215 Å². The van der Waals surface area contributed by atoms with Gasteiger partial charge in [0, 0.05) is 5.56 Å². The lowest BCUT2D eigenvalue weighted by Gasteiger charge is -2.29. The van der Waals surface area contributed by atoms with E-state index in [1.54, 1.807) is 0 Å². The Morgan fingerprint density at radius 2 is 0.677 bits per heavy atom. The number of H-pyrrole nitrogens is 1. The van der Waals surface area contributed by atoms with Gasteiger partial charge in [0.15, 0.2) is 0 Å². The standard InChI is InChI=1S/C59H45N3/c1-59(2,3)46-37-38-49-57(61-58-60-47-31-19-20-32-48(47)62(49)58)50(46)44-33-35-45(36-34-44)56-54(42-27-15-7-16-28-42)52(40-23-11-5-12-24-40)51(39-21-9-4-10-22-39)53(41-25-13-6-14-26-41)55(56)43-29-17-8-18-30-43/h4-38H,1-3H3,(H,60,61). The summed E-state index contributed by atoms with van der Waals surface area (Å²) in [4.78, 5) is 8.79. The number of imidazole rings is 2. The zero-order valence-electron chi connectivity index (χ0n) is 35.1. The molecule has 296 valence electrons. The smallest absolute Gasteiger partial charge is 0.213 e. The van der Waals surface area contributed by atoms with Crippen LogP contribution in [0.2, 0.25) is 0 Å². The van der Waals surface area contributed by atoms with Crippen LogP contribution in [0.5, 0.6) is 0 Å². The lowest BCUT2D eigenvalue weighted by atomic mass is 9.74. The molecule has 0 unspecified atom stereocenters. The van der Waals surface area contributed by atoms with Crippen LogP contribution in [0, 0.1) is 0 Å². The summed E-state index contributed by atoms with van der Waals surface area (Å²) >= 11 is 0. The van der Waals surface area contributed by atoms with Crippen molar-refractivity contribution in [3.05, 3.63) is 218 Å². The maximum absolute atomic E-state index is 5.01. The van der Waals surface area contributed by atoms with Gasteiger partial charge < -0.3 is 4.98 Å². The van der Waals surface area contributed by atoms with Gasteiger partial charge in [0.05, 0.1) is 22.1 Å². The Morgan fingerprint density at radius 3 is 1.06 bits per heavy atom. The third-order valence-electron chi connectivity index (χ3n) is 12.3. The number of benzene rings is 9. The first kappa shape index (κ1) is 37.3. The summed E-state index contributed by atoms with van der Waals surface area (Å²) in [5.74, 6) is 0.852. The van der Waals surface area contributed by atoms with Crippen molar-refractivity contribution < 1.29 is 0 Å². The topological polar surface area (TPSA) is 33.1 Å². The Kier molecular flexibility index (Phi) is 9.05. The zero-order valence-corrected chi connectivity index (χ0v) is 35.1. The van der Waals surface area contributed by atoms with Crippen LogP contribution in [-0.2, 0) is 5.41 Å². The van der Waals surface area contributed by atoms with Gasteiger partial charge in [-0.3, -0.25) is 4.40 Å². The molecule has 2 aromatic heterocycles. The van der Waals surface area contributed by atoms with Gasteiger partial charge >= 0.3 is 0 Å². The van der Waals surface area contributed by atoms with E-state index in [-0.39, 0.29) is 5.41 Å². The van der Waals surface area contributed by atoms with Crippen LogP contribution in [-0.4, -0.2) is 14.4 Å². The molecule has 62 heavy (non-hydrogen) atoms. The molecule has 0 atom stereocenters. The molecule has 1 N–H and O–H groups in total. The summed E-state index contributed by atoms with van der Waals surface area (Å²) in [6, 6.07) is 77.2. The second-order valence-corrected chi connectivity index (χ2v) is 17.2. The van der Waals surface area contributed by atoms with Crippen molar-refractivity contribution in [1.29, 1.82) is 0 Å². The van der Waals surface area contributed by atoms with Crippen molar-refractivity contribution in [2.24, 2.45) is 0 Å². The third kappa shape index (κ3) is 6.24. The summed E-state index contributed by atoms with van der Waals surface area (Å²) in [5, 5.41) is 0. The van der Waals surface area contributed by atoms with Crippen LogP contribution in [0.1, 0.15) is 26.3 Å². The molecule has 3 heteroatoms. The van der Waals surface area contributed by atoms with Crippen LogP contribution in [0.25, 0.3) is 106 Å². The predicted octanol–water partition coefficient (Wildman–Crippen LogP) is 15.9. The average molecular weight is 796 g/mol. The van der Waals surface area contributed by atoms with Crippen LogP contribution in [0.4, 0.5) is 0 Å².